The molecule has 0 spiro atoms. The number of halogens is 1. The summed E-state index contributed by atoms with van der Waals surface area (Å²) in [4.78, 5) is 11.6. The molecule has 2 aromatic rings. The van der Waals surface area contributed by atoms with E-state index in [1.165, 1.54) is 24.3 Å². The van der Waals surface area contributed by atoms with Crippen molar-refractivity contribution in [3.8, 4) is 6.07 Å². The fraction of sp³-hybridized carbons (Fsp3) is 0.0667. The summed E-state index contributed by atoms with van der Waals surface area (Å²) >= 11 is 0. The SMILES string of the molecule is N#Cc1ccccc1C(Nc1ccc(F)cc1)C(N)=O. The molecule has 0 aliphatic heterocycles. The number of nitrogens with two attached hydrogens (primary N) is 1. The molecule has 0 bridgehead atoms. The fourth-order valence-electron chi connectivity index (χ4n) is 1.87. The molecule has 0 aliphatic rings. The topological polar surface area (TPSA) is 78.9 Å². The fourth-order valence-corrected chi connectivity index (χ4v) is 1.87. The lowest BCUT2D eigenvalue weighted by atomic mass is 10.0. The molecule has 0 heterocycles. The molecule has 0 saturated heterocycles. The van der Waals surface area contributed by atoms with Gasteiger partial charge >= 0.3 is 0 Å². The van der Waals surface area contributed by atoms with E-state index in [0.29, 0.717) is 16.8 Å². The molecule has 2 rings (SSSR count). The van der Waals surface area contributed by atoms with Gasteiger partial charge in [0.05, 0.1) is 11.6 Å². The van der Waals surface area contributed by atoms with E-state index in [-0.39, 0.29) is 5.82 Å². The molecule has 1 atom stereocenters. The average molecular weight is 269 g/mol. The van der Waals surface area contributed by atoms with E-state index >= 15 is 0 Å². The number of nitrogens with zero attached hydrogens (tertiary/aromatic N) is 1. The van der Waals surface area contributed by atoms with Gasteiger partial charge in [-0.3, -0.25) is 4.79 Å². The third-order valence-electron chi connectivity index (χ3n) is 2.83. The minimum Gasteiger partial charge on any atom is -0.370 e. The maximum Gasteiger partial charge on any atom is 0.244 e. The lowest BCUT2D eigenvalue weighted by Gasteiger charge is -2.18. The molecule has 0 radical (unpaired) electrons. The van der Waals surface area contributed by atoms with Crippen molar-refractivity contribution >= 4 is 11.6 Å². The van der Waals surface area contributed by atoms with Crippen LogP contribution >= 0.6 is 0 Å². The Kier molecular flexibility index (Phi) is 3.96. The molecule has 4 nitrogen and oxygen atoms in total. The number of rotatable bonds is 4. The molecular formula is C15H12FN3O. The molecule has 5 heteroatoms. The molecule has 20 heavy (non-hydrogen) atoms. The highest BCUT2D eigenvalue weighted by Crippen LogP contribution is 2.22. The van der Waals surface area contributed by atoms with E-state index < -0.39 is 11.9 Å². The Bertz CT molecular complexity index is 662. The Labute approximate surface area is 115 Å². The van der Waals surface area contributed by atoms with Crippen molar-refractivity contribution in [2.24, 2.45) is 5.73 Å². The van der Waals surface area contributed by atoms with Crippen molar-refractivity contribution in [1.82, 2.24) is 0 Å². The summed E-state index contributed by atoms with van der Waals surface area (Å²) in [7, 11) is 0. The summed E-state index contributed by atoms with van der Waals surface area (Å²) in [6, 6.07) is 13.4. The number of anilines is 1. The van der Waals surface area contributed by atoms with E-state index in [2.05, 4.69) is 5.32 Å². The predicted molar refractivity (Wildman–Crippen MR) is 73.1 cm³/mol. The Morgan fingerprint density at radius 1 is 1.20 bits per heavy atom. The van der Waals surface area contributed by atoms with Crippen LogP contribution in [-0.4, -0.2) is 5.91 Å². The molecule has 2 aromatic carbocycles. The summed E-state index contributed by atoms with van der Waals surface area (Å²) in [5.74, 6) is -0.986. The summed E-state index contributed by atoms with van der Waals surface area (Å²) in [5.41, 5.74) is 6.79. The molecule has 100 valence electrons. The molecule has 1 unspecified atom stereocenters. The van der Waals surface area contributed by atoms with Crippen LogP contribution in [-0.2, 0) is 4.79 Å². The van der Waals surface area contributed by atoms with E-state index in [0.717, 1.165) is 0 Å². The van der Waals surface area contributed by atoms with Crippen molar-refractivity contribution in [3.05, 3.63) is 65.5 Å². The minimum atomic E-state index is -0.851. The summed E-state index contributed by atoms with van der Waals surface area (Å²) in [5, 5.41) is 12.0. The van der Waals surface area contributed by atoms with E-state index in [1.807, 2.05) is 6.07 Å². The normalized spacial score (nSPS) is 11.4. The predicted octanol–water partition coefficient (Wildman–Crippen LogP) is 2.34. The highest BCUT2D eigenvalue weighted by atomic mass is 19.1. The average Bonchev–Trinajstić information content (AvgIpc) is 2.46. The second-order valence-electron chi connectivity index (χ2n) is 4.19. The van der Waals surface area contributed by atoms with Gasteiger partial charge in [0.25, 0.3) is 0 Å². The molecule has 3 N–H and O–H groups in total. The highest BCUT2D eigenvalue weighted by molar-refractivity contribution is 5.85. The van der Waals surface area contributed by atoms with Crippen molar-refractivity contribution in [3.63, 3.8) is 0 Å². The maximum atomic E-state index is 12.9. The van der Waals surface area contributed by atoms with Crippen LogP contribution in [0.5, 0.6) is 0 Å². The van der Waals surface area contributed by atoms with Crippen molar-refractivity contribution in [2.45, 2.75) is 6.04 Å². The molecule has 1 amide bonds. The molecule has 0 aliphatic carbocycles. The summed E-state index contributed by atoms with van der Waals surface area (Å²) in [6.45, 7) is 0. The standard InChI is InChI=1S/C15H12FN3O/c16-11-5-7-12(8-6-11)19-14(15(18)20)13-4-2-1-3-10(13)9-17/h1-8,14,19H,(H2,18,20). The lowest BCUT2D eigenvalue weighted by molar-refractivity contribution is -0.118. The quantitative estimate of drug-likeness (QED) is 0.894. The summed E-state index contributed by atoms with van der Waals surface area (Å²) in [6.07, 6.45) is 0. The Balaban J connectivity index is 2.35. The smallest absolute Gasteiger partial charge is 0.244 e. The van der Waals surface area contributed by atoms with Crippen LogP contribution in [0.2, 0.25) is 0 Å². The third-order valence-corrected chi connectivity index (χ3v) is 2.83. The largest absolute Gasteiger partial charge is 0.370 e. The summed E-state index contributed by atoms with van der Waals surface area (Å²) < 4.78 is 12.9. The van der Waals surface area contributed by atoms with Crippen LogP contribution in [0.25, 0.3) is 0 Å². The number of primary amides is 1. The highest BCUT2D eigenvalue weighted by Gasteiger charge is 2.20. The van der Waals surface area contributed by atoms with Gasteiger partial charge in [-0.15, -0.1) is 0 Å². The van der Waals surface area contributed by atoms with Gasteiger partial charge in [0.1, 0.15) is 11.9 Å². The van der Waals surface area contributed by atoms with Gasteiger partial charge in [0.15, 0.2) is 0 Å². The first-order chi connectivity index (χ1) is 9.61. The van der Waals surface area contributed by atoms with Crippen LogP contribution < -0.4 is 11.1 Å². The van der Waals surface area contributed by atoms with Crippen molar-refractivity contribution < 1.29 is 9.18 Å². The number of nitrogens with one attached hydrogen (secondary N) is 1. The van der Waals surface area contributed by atoms with Crippen LogP contribution in [0.3, 0.4) is 0 Å². The number of benzene rings is 2. The van der Waals surface area contributed by atoms with Crippen molar-refractivity contribution in [2.75, 3.05) is 5.32 Å². The van der Waals surface area contributed by atoms with Gasteiger partial charge in [-0.05, 0) is 30.3 Å². The number of hydrogen-bond acceptors (Lipinski definition) is 3. The zero-order valence-electron chi connectivity index (χ0n) is 10.5. The Morgan fingerprint density at radius 3 is 2.45 bits per heavy atom. The molecule has 0 aromatic heterocycles. The monoisotopic (exact) mass is 269 g/mol. The molecular weight excluding hydrogens is 257 g/mol. The van der Waals surface area contributed by atoms with Gasteiger partial charge in [-0.25, -0.2) is 4.39 Å². The zero-order chi connectivity index (χ0) is 14.5. The number of hydrogen-bond donors (Lipinski definition) is 2. The Morgan fingerprint density at radius 2 is 1.85 bits per heavy atom. The number of carbonyl (C=O) groups excluding carboxylic acids is 1. The second-order valence-corrected chi connectivity index (χ2v) is 4.19. The zero-order valence-corrected chi connectivity index (χ0v) is 10.5. The van der Waals surface area contributed by atoms with E-state index in [1.54, 1.807) is 24.3 Å². The van der Waals surface area contributed by atoms with Gasteiger partial charge < -0.3 is 11.1 Å². The first-order valence-electron chi connectivity index (χ1n) is 5.92. The van der Waals surface area contributed by atoms with E-state index in [4.69, 9.17) is 11.0 Å². The number of nitriles is 1. The lowest BCUT2D eigenvalue weighted by Crippen LogP contribution is -2.28. The van der Waals surface area contributed by atoms with Crippen LogP contribution in [0.1, 0.15) is 17.2 Å². The number of amides is 1. The van der Waals surface area contributed by atoms with Crippen LogP contribution in [0.15, 0.2) is 48.5 Å². The first kappa shape index (κ1) is 13.6. The third kappa shape index (κ3) is 2.93. The van der Waals surface area contributed by atoms with Crippen LogP contribution in [0, 0.1) is 17.1 Å². The van der Waals surface area contributed by atoms with Gasteiger partial charge in [0.2, 0.25) is 5.91 Å². The van der Waals surface area contributed by atoms with Crippen molar-refractivity contribution in [1.29, 1.82) is 5.26 Å². The Hall–Kier alpha value is -2.87. The van der Waals surface area contributed by atoms with Crippen LogP contribution in [0.4, 0.5) is 10.1 Å². The van der Waals surface area contributed by atoms with E-state index in [9.17, 15) is 9.18 Å². The van der Waals surface area contributed by atoms with Gasteiger partial charge in [-0.2, -0.15) is 5.26 Å². The first-order valence-corrected chi connectivity index (χ1v) is 5.92. The minimum absolute atomic E-state index is 0.367. The molecule has 0 fully saturated rings. The van der Waals surface area contributed by atoms with Gasteiger partial charge in [0, 0.05) is 11.3 Å². The second kappa shape index (κ2) is 5.85. The van der Waals surface area contributed by atoms with Gasteiger partial charge in [-0.1, -0.05) is 18.2 Å². The maximum absolute atomic E-state index is 12.9. The number of carbonyl (C=O) groups is 1. The molecule has 0 saturated carbocycles.